The summed E-state index contributed by atoms with van der Waals surface area (Å²) in [4.78, 5) is 11.4. The van der Waals surface area contributed by atoms with Crippen molar-refractivity contribution < 1.29 is 15.0 Å². The Labute approximate surface area is 107 Å². The summed E-state index contributed by atoms with van der Waals surface area (Å²) < 4.78 is 0. The normalized spacial score (nSPS) is 30.4. The average Bonchev–Trinajstić information content (AvgIpc) is 2.63. The van der Waals surface area contributed by atoms with Crippen LogP contribution in [0.25, 0.3) is 0 Å². The molecular weight excluding hydrogens is 238 g/mol. The maximum atomic E-state index is 11.4. The van der Waals surface area contributed by atoms with Gasteiger partial charge in [-0.15, -0.1) is 0 Å². The molecule has 1 rings (SSSR count). The van der Waals surface area contributed by atoms with Crippen LogP contribution in [0.5, 0.6) is 0 Å². The number of aliphatic hydroxyl groups is 1. The van der Waals surface area contributed by atoms with Crippen LogP contribution >= 0.6 is 11.8 Å². The lowest BCUT2D eigenvalue weighted by Crippen LogP contribution is -2.50. The van der Waals surface area contributed by atoms with E-state index in [2.05, 4.69) is 12.2 Å². The van der Waals surface area contributed by atoms with Gasteiger partial charge in [-0.05, 0) is 32.2 Å². The zero-order valence-electron chi connectivity index (χ0n) is 10.6. The summed E-state index contributed by atoms with van der Waals surface area (Å²) >= 11 is 1.81. The van der Waals surface area contributed by atoms with Gasteiger partial charge in [0.15, 0.2) is 0 Å². The number of carboxylic acid groups (broad SMARTS) is 1. The molecule has 0 bridgehead atoms. The van der Waals surface area contributed by atoms with Crippen molar-refractivity contribution in [1.82, 2.24) is 5.32 Å². The van der Waals surface area contributed by atoms with E-state index in [1.54, 1.807) is 0 Å². The predicted octanol–water partition coefficient (Wildman–Crippen LogP) is 1.48. The van der Waals surface area contributed by atoms with Crippen LogP contribution in [0, 0.1) is 0 Å². The molecule has 3 N–H and O–H groups in total. The average molecular weight is 261 g/mol. The van der Waals surface area contributed by atoms with E-state index in [0.717, 1.165) is 12.8 Å². The number of nitrogens with one attached hydrogen (secondary N) is 1. The molecule has 1 fully saturated rings. The quantitative estimate of drug-likeness (QED) is 0.647. The number of hydrogen-bond acceptors (Lipinski definition) is 4. The zero-order chi connectivity index (χ0) is 12.9. The lowest BCUT2D eigenvalue weighted by Gasteiger charge is -2.25. The number of rotatable bonds is 7. The molecule has 17 heavy (non-hydrogen) atoms. The Morgan fingerprint density at radius 2 is 2.35 bits per heavy atom. The molecular formula is C12H23NO3S. The Kier molecular flexibility index (Phi) is 5.76. The monoisotopic (exact) mass is 261 g/mol. The molecule has 0 aromatic carbocycles. The molecule has 0 amide bonds. The van der Waals surface area contributed by atoms with Crippen LogP contribution in [0.2, 0.25) is 0 Å². The van der Waals surface area contributed by atoms with Crippen LogP contribution in [0.15, 0.2) is 0 Å². The molecule has 4 nitrogen and oxygen atoms in total. The molecule has 3 atom stereocenters. The standard InChI is InChI=1S/C12H23NO3S/c1-3-13-12(11(15)16)6-4-10(8-12)17-9(2)5-7-14/h9-10,13-14H,3-8H2,1-2H3,(H,15,16). The van der Waals surface area contributed by atoms with Crippen molar-refractivity contribution in [2.75, 3.05) is 13.2 Å². The minimum absolute atomic E-state index is 0.207. The van der Waals surface area contributed by atoms with Crippen LogP contribution in [-0.2, 0) is 4.79 Å². The highest BCUT2D eigenvalue weighted by molar-refractivity contribution is 8.00. The predicted molar refractivity (Wildman–Crippen MR) is 70.4 cm³/mol. The van der Waals surface area contributed by atoms with E-state index in [0.29, 0.717) is 29.9 Å². The fourth-order valence-electron chi connectivity index (χ4n) is 2.46. The molecule has 5 heteroatoms. The number of likely N-dealkylation sites (N-methyl/N-ethyl adjacent to an activating group) is 1. The van der Waals surface area contributed by atoms with Crippen molar-refractivity contribution in [3.63, 3.8) is 0 Å². The van der Waals surface area contributed by atoms with E-state index < -0.39 is 11.5 Å². The number of thioether (sulfide) groups is 1. The van der Waals surface area contributed by atoms with Gasteiger partial charge in [-0.1, -0.05) is 13.8 Å². The zero-order valence-corrected chi connectivity index (χ0v) is 11.4. The summed E-state index contributed by atoms with van der Waals surface area (Å²) in [7, 11) is 0. The summed E-state index contributed by atoms with van der Waals surface area (Å²) in [6, 6.07) is 0. The molecule has 1 aliphatic carbocycles. The summed E-state index contributed by atoms with van der Waals surface area (Å²) in [5, 5.41) is 22.1. The topological polar surface area (TPSA) is 69.6 Å². The summed E-state index contributed by atoms with van der Waals surface area (Å²) in [6.45, 7) is 4.93. The Balaban J connectivity index is 2.51. The molecule has 0 radical (unpaired) electrons. The number of aliphatic hydroxyl groups excluding tert-OH is 1. The largest absolute Gasteiger partial charge is 0.480 e. The van der Waals surface area contributed by atoms with Crippen LogP contribution < -0.4 is 5.32 Å². The first-order valence-electron chi connectivity index (χ1n) is 6.29. The van der Waals surface area contributed by atoms with Crippen LogP contribution in [0.3, 0.4) is 0 Å². The number of carboxylic acids is 1. The first-order valence-corrected chi connectivity index (χ1v) is 7.23. The highest BCUT2D eigenvalue weighted by Crippen LogP contribution is 2.39. The van der Waals surface area contributed by atoms with Crippen LogP contribution in [0.1, 0.15) is 39.5 Å². The lowest BCUT2D eigenvalue weighted by atomic mass is 9.98. The van der Waals surface area contributed by atoms with Crippen LogP contribution in [-0.4, -0.2) is 45.4 Å². The third-order valence-corrected chi connectivity index (χ3v) is 4.84. The molecule has 0 aliphatic heterocycles. The molecule has 0 heterocycles. The minimum Gasteiger partial charge on any atom is -0.480 e. The first kappa shape index (κ1) is 14.8. The summed E-state index contributed by atoms with van der Waals surface area (Å²) in [6.07, 6.45) is 3.12. The highest BCUT2D eigenvalue weighted by Gasteiger charge is 2.45. The van der Waals surface area contributed by atoms with Gasteiger partial charge in [0.25, 0.3) is 0 Å². The number of hydrogen-bond donors (Lipinski definition) is 3. The van der Waals surface area contributed by atoms with Gasteiger partial charge in [0.2, 0.25) is 0 Å². The molecule has 0 aromatic rings. The Morgan fingerprint density at radius 1 is 1.65 bits per heavy atom. The lowest BCUT2D eigenvalue weighted by molar-refractivity contribution is -0.144. The molecule has 0 spiro atoms. The first-order chi connectivity index (χ1) is 8.04. The van der Waals surface area contributed by atoms with E-state index in [1.807, 2.05) is 18.7 Å². The Hall–Kier alpha value is -0.260. The van der Waals surface area contributed by atoms with Gasteiger partial charge in [0, 0.05) is 17.1 Å². The van der Waals surface area contributed by atoms with Crippen molar-refractivity contribution in [2.24, 2.45) is 0 Å². The molecule has 1 aliphatic rings. The highest BCUT2D eigenvalue weighted by atomic mass is 32.2. The summed E-state index contributed by atoms with van der Waals surface area (Å²) in [5.41, 5.74) is -0.717. The minimum atomic E-state index is -0.725. The Morgan fingerprint density at radius 3 is 2.88 bits per heavy atom. The number of carbonyl (C=O) groups is 1. The van der Waals surface area contributed by atoms with Gasteiger partial charge in [-0.25, -0.2) is 0 Å². The van der Waals surface area contributed by atoms with E-state index >= 15 is 0 Å². The SMILES string of the molecule is CCNC1(C(=O)O)CCC(SC(C)CCO)C1. The van der Waals surface area contributed by atoms with Crippen molar-refractivity contribution in [1.29, 1.82) is 0 Å². The molecule has 0 saturated heterocycles. The van der Waals surface area contributed by atoms with Gasteiger partial charge >= 0.3 is 5.97 Å². The molecule has 1 saturated carbocycles. The third kappa shape index (κ3) is 3.86. The maximum absolute atomic E-state index is 11.4. The molecule has 100 valence electrons. The van der Waals surface area contributed by atoms with Crippen molar-refractivity contribution in [2.45, 2.75) is 55.6 Å². The Bertz CT molecular complexity index is 262. The maximum Gasteiger partial charge on any atom is 0.323 e. The van der Waals surface area contributed by atoms with Gasteiger partial charge < -0.3 is 15.5 Å². The van der Waals surface area contributed by atoms with Crippen LogP contribution in [0.4, 0.5) is 0 Å². The molecule has 3 unspecified atom stereocenters. The molecule has 0 aromatic heterocycles. The summed E-state index contributed by atoms with van der Waals surface area (Å²) in [5.74, 6) is -0.725. The van der Waals surface area contributed by atoms with Gasteiger partial charge in [-0.3, -0.25) is 4.79 Å². The van der Waals surface area contributed by atoms with Crippen molar-refractivity contribution in [3.05, 3.63) is 0 Å². The van der Waals surface area contributed by atoms with E-state index in [-0.39, 0.29) is 6.61 Å². The van der Waals surface area contributed by atoms with E-state index in [1.165, 1.54) is 0 Å². The van der Waals surface area contributed by atoms with Crippen molar-refractivity contribution >= 4 is 17.7 Å². The second kappa shape index (κ2) is 6.61. The third-order valence-electron chi connectivity index (χ3n) is 3.35. The second-order valence-corrected chi connectivity index (χ2v) is 6.48. The second-order valence-electron chi connectivity index (χ2n) is 4.74. The fraction of sp³-hybridized carbons (Fsp3) is 0.917. The van der Waals surface area contributed by atoms with Gasteiger partial charge in [-0.2, -0.15) is 11.8 Å². The van der Waals surface area contributed by atoms with Crippen molar-refractivity contribution in [3.8, 4) is 0 Å². The van der Waals surface area contributed by atoms with E-state index in [9.17, 15) is 9.90 Å². The smallest absolute Gasteiger partial charge is 0.323 e. The fourth-order valence-corrected chi connectivity index (χ4v) is 4.00. The van der Waals surface area contributed by atoms with Gasteiger partial charge in [0.1, 0.15) is 5.54 Å². The number of aliphatic carboxylic acids is 1. The van der Waals surface area contributed by atoms with E-state index in [4.69, 9.17) is 5.11 Å². The van der Waals surface area contributed by atoms with Gasteiger partial charge in [0.05, 0.1) is 0 Å².